The Morgan fingerprint density at radius 3 is 2.58 bits per heavy atom. The van der Waals surface area contributed by atoms with Gasteiger partial charge in [-0.1, -0.05) is 12.1 Å². The van der Waals surface area contributed by atoms with E-state index in [1.807, 2.05) is 24.3 Å². The predicted molar refractivity (Wildman–Crippen MR) is 95.9 cm³/mol. The lowest BCUT2D eigenvalue weighted by molar-refractivity contribution is -0.154. The van der Waals surface area contributed by atoms with Gasteiger partial charge in [0.05, 0.1) is 0 Å². The van der Waals surface area contributed by atoms with Crippen molar-refractivity contribution in [2.75, 3.05) is 24.5 Å². The highest BCUT2D eigenvalue weighted by Crippen LogP contribution is 2.29. The number of carboxylic acids is 1. The Kier molecular flexibility index (Phi) is 4.53. The fourth-order valence-corrected chi connectivity index (χ4v) is 4.00. The molecule has 1 amide bonds. The van der Waals surface area contributed by atoms with E-state index >= 15 is 0 Å². The van der Waals surface area contributed by atoms with Gasteiger partial charge in [-0.3, -0.25) is 4.79 Å². The molecule has 0 radical (unpaired) electrons. The van der Waals surface area contributed by atoms with Gasteiger partial charge in [-0.05, 0) is 44.2 Å². The number of aromatic nitrogens is 1. The molecule has 4 rings (SSSR count). The summed E-state index contributed by atoms with van der Waals surface area (Å²) in [5.41, 5.74) is 1.59. The van der Waals surface area contributed by atoms with Gasteiger partial charge in [-0.25, -0.2) is 4.79 Å². The van der Waals surface area contributed by atoms with Crippen LogP contribution < -0.4 is 4.90 Å². The molecule has 1 aromatic carbocycles. The first-order chi connectivity index (χ1) is 12.6. The molecule has 2 aliphatic heterocycles. The smallest absolute Gasteiger partial charge is 0.326 e. The van der Waals surface area contributed by atoms with E-state index in [0.29, 0.717) is 44.9 Å². The van der Waals surface area contributed by atoms with Gasteiger partial charge in [0, 0.05) is 25.6 Å². The fraction of sp³-hybridized carbons (Fsp3) is 0.526. The van der Waals surface area contributed by atoms with Crippen molar-refractivity contribution in [1.29, 1.82) is 0 Å². The van der Waals surface area contributed by atoms with Crippen LogP contribution in [-0.2, 0) is 9.59 Å². The zero-order valence-electron chi connectivity index (χ0n) is 14.6. The summed E-state index contributed by atoms with van der Waals surface area (Å²) in [5.74, 6) is -1.01. The van der Waals surface area contributed by atoms with Crippen LogP contribution in [0.1, 0.15) is 32.1 Å². The average Bonchev–Trinajstić information content (AvgIpc) is 3.12. The number of oxazole rings is 1. The second-order valence-electron chi connectivity index (χ2n) is 7.11. The first kappa shape index (κ1) is 16.9. The molecule has 1 atom stereocenters. The van der Waals surface area contributed by atoms with Gasteiger partial charge in [0.2, 0.25) is 5.91 Å². The molecule has 0 aliphatic carbocycles. The molecular formula is C19H23N3O4. The van der Waals surface area contributed by atoms with E-state index in [1.165, 1.54) is 0 Å². The molecule has 0 unspecified atom stereocenters. The Balaban J connectivity index is 1.41. The van der Waals surface area contributed by atoms with Gasteiger partial charge in [0.15, 0.2) is 5.58 Å². The maximum absolute atomic E-state index is 12.9. The summed E-state index contributed by atoms with van der Waals surface area (Å²) >= 11 is 0. The summed E-state index contributed by atoms with van der Waals surface area (Å²) in [6.45, 7) is 1.94. The number of aliphatic carboxylic acids is 1. The van der Waals surface area contributed by atoms with Crippen LogP contribution in [-0.4, -0.2) is 52.5 Å². The second-order valence-corrected chi connectivity index (χ2v) is 7.11. The standard InChI is InChI=1S/C19H23N3O4/c23-17(22-10-4-3-6-15(22)18(24)25)13-8-11-21(12-9-13)19-20-14-5-1-2-7-16(14)26-19/h1-2,5,7,13,15H,3-4,6,8-12H2,(H,24,25)/t15-/m1/s1. The normalized spacial score (nSPS) is 21.9. The van der Waals surface area contributed by atoms with E-state index in [2.05, 4.69) is 9.88 Å². The number of carbonyl (C=O) groups is 2. The van der Waals surface area contributed by atoms with Gasteiger partial charge in [0.25, 0.3) is 6.01 Å². The summed E-state index contributed by atoms with van der Waals surface area (Å²) in [6.07, 6.45) is 3.71. The number of nitrogens with zero attached hydrogens (tertiary/aromatic N) is 3. The van der Waals surface area contributed by atoms with Crippen molar-refractivity contribution in [2.24, 2.45) is 5.92 Å². The Hall–Kier alpha value is -2.57. The SMILES string of the molecule is O=C(O)[C@H]1CCCCN1C(=O)C1CCN(c2nc3ccccc3o2)CC1. The molecule has 0 bridgehead atoms. The number of rotatable bonds is 3. The largest absolute Gasteiger partial charge is 0.480 e. The number of hydrogen-bond donors (Lipinski definition) is 1. The van der Waals surface area contributed by atoms with Crippen LogP contribution in [0.15, 0.2) is 28.7 Å². The summed E-state index contributed by atoms with van der Waals surface area (Å²) in [7, 11) is 0. The van der Waals surface area contributed by atoms with Gasteiger partial charge < -0.3 is 19.3 Å². The number of anilines is 1. The highest BCUT2D eigenvalue weighted by atomic mass is 16.4. The van der Waals surface area contributed by atoms with Gasteiger partial charge in [-0.2, -0.15) is 4.98 Å². The molecule has 1 N–H and O–H groups in total. The number of fused-ring (bicyclic) bond motifs is 1. The molecule has 7 heteroatoms. The van der Waals surface area contributed by atoms with Gasteiger partial charge >= 0.3 is 5.97 Å². The Morgan fingerprint density at radius 2 is 1.85 bits per heavy atom. The number of amides is 1. The molecule has 2 aromatic rings. The molecule has 26 heavy (non-hydrogen) atoms. The lowest BCUT2D eigenvalue weighted by Gasteiger charge is -2.38. The Morgan fingerprint density at radius 1 is 1.08 bits per heavy atom. The minimum atomic E-state index is -0.887. The third kappa shape index (κ3) is 3.13. The maximum Gasteiger partial charge on any atom is 0.326 e. The van der Waals surface area contributed by atoms with Crippen LogP contribution >= 0.6 is 0 Å². The quantitative estimate of drug-likeness (QED) is 0.908. The molecule has 7 nitrogen and oxygen atoms in total. The number of likely N-dealkylation sites (tertiary alicyclic amines) is 1. The highest BCUT2D eigenvalue weighted by Gasteiger charge is 2.37. The van der Waals surface area contributed by atoms with E-state index in [4.69, 9.17) is 4.42 Å². The second kappa shape index (κ2) is 6.97. The zero-order chi connectivity index (χ0) is 18.1. The zero-order valence-corrected chi connectivity index (χ0v) is 14.6. The maximum atomic E-state index is 12.9. The summed E-state index contributed by atoms with van der Waals surface area (Å²) in [5, 5.41) is 9.39. The first-order valence-corrected chi connectivity index (χ1v) is 9.27. The molecular weight excluding hydrogens is 334 g/mol. The predicted octanol–water partition coefficient (Wildman–Crippen LogP) is 2.51. The van der Waals surface area contributed by atoms with Gasteiger partial charge in [0.1, 0.15) is 11.6 Å². The third-order valence-corrected chi connectivity index (χ3v) is 5.47. The van der Waals surface area contributed by atoms with Crippen molar-refractivity contribution in [3.05, 3.63) is 24.3 Å². The molecule has 0 spiro atoms. The minimum Gasteiger partial charge on any atom is -0.480 e. The van der Waals surface area contributed by atoms with Crippen LogP contribution in [0.3, 0.4) is 0 Å². The topological polar surface area (TPSA) is 86.9 Å². The van der Waals surface area contributed by atoms with E-state index in [-0.39, 0.29) is 11.8 Å². The number of piperidine rings is 2. The molecule has 138 valence electrons. The van der Waals surface area contributed by atoms with Crippen molar-refractivity contribution in [3.8, 4) is 0 Å². The number of carbonyl (C=O) groups excluding carboxylic acids is 1. The number of hydrogen-bond acceptors (Lipinski definition) is 5. The molecule has 2 aliphatic rings. The third-order valence-electron chi connectivity index (χ3n) is 5.47. The number of para-hydroxylation sites is 2. The van der Waals surface area contributed by atoms with E-state index in [1.54, 1.807) is 4.90 Å². The molecule has 3 heterocycles. The monoisotopic (exact) mass is 357 g/mol. The lowest BCUT2D eigenvalue weighted by Crippen LogP contribution is -2.51. The van der Waals surface area contributed by atoms with Crippen molar-refractivity contribution in [1.82, 2.24) is 9.88 Å². The van der Waals surface area contributed by atoms with Crippen LogP contribution in [0.4, 0.5) is 6.01 Å². The van der Waals surface area contributed by atoms with Crippen molar-refractivity contribution in [3.63, 3.8) is 0 Å². The van der Waals surface area contributed by atoms with E-state index in [9.17, 15) is 14.7 Å². The molecule has 2 fully saturated rings. The van der Waals surface area contributed by atoms with Crippen LogP contribution in [0, 0.1) is 5.92 Å². The van der Waals surface area contributed by atoms with E-state index < -0.39 is 12.0 Å². The summed E-state index contributed by atoms with van der Waals surface area (Å²) < 4.78 is 5.81. The number of carboxylic acid groups (broad SMARTS) is 1. The average molecular weight is 357 g/mol. The van der Waals surface area contributed by atoms with Crippen molar-refractivity contribution < 1.29 is 19.1 Å². The van der Waals surface area contributed by atoms with Gasteiger partial charge in [-0.15, -0.1) is 0 Å². The number of benzene rings is 1. The van der Waals surface area contributed by atoms with Crippen molar-refractivity contribution >= 4 is 29.0 Å². The molecule has 2 saturated heterocycles. The first-order valence-electron chi connectivity index (χ1n) is 9.27. The van der Waals surface area contributed by atoms with Crippen LogP contribution in [0.25, 0.3) is 11.1 Å². The minimum absolute atomic E-state index is 0.00526. The Labute approximate surface area is 151 Å². The summed E-state index contributed by atoms with van der Waals surface area (Å²) in [4.78, 5) is 32.5. The van der Waals surface area contributed by atoms with E-state index in [0.717, 1.165) is 23.9 Å². The van der Waals surface area contributed by atoms with Crippen LogP contribution in [0.2, 0.25) is 0 Å². The Bertz CT molecular complexity index is 777. The van der Waals surface area contributed by atoms with Crippen LogP contribution in [0.5, 0.6) is 0 Å². The lowest BCUT2D eigenvalue weighted by atomic mass is 9.92. The summed E-state index contributed by atoms with van der Waals surface area (Å²) in [6, 6.07) is 7.59. The fourth-order valence-electron chi connectivity index (χ4n) is 4.00. The highest BCUT2D eigenvalue weighted by molar-refractivity contribution is 5.85. The van der Waals surface area contributed by atoms with Crippen molar-refractivity contribution in [2.45, 2.75) is 38.1 Å². The molecule has 1 aromatic heterocycles. The molecule has 0 saturated carbocycles.